The monoisotopic (exact) mass is 722 g/mol. The number of methoxy groups -OCH3 is 2. The van der Waals surface area contributed by atoms with E-state index in [0.29, 0.717) is 62.9 Å². The highest BCUT2D eigenvalue weighted by atomic mass is 35.5. The van der Waals surface area contributed by atoms with E-state index in [-0.39, 0.29) is 36.2 Å². The van der Waals surface area contributed by atoms with Gasteiger partial charge in [-0.15, -0.1) is 0 Å². The van der Waals surface area contributed by atoms with Crippen LogP contribution in [0.2, 0.25) is 10.0 Å². The fourth-order valence-corrected chi connectivity index (χ4v) is 5.32. The standard InChI is InChI=1S/C18H18Cl2O4.C17H16Cl2O3.CH4/c1-23-17-10-16(20)18(24-2)8-12(17)3-4-13(19)5-11-6-14(21)9-15(22)7-11;1-10-4-12(17(22)9-16(10)19)2-3-13(18)5-11-6-14(20)8-15(21)7-11;/h4,6-10,21-22H,3,5H2,1-2H3;3-4,6-9,20-22H,2,5H2,1H3;1H4/b13-4+;13-3+;. The van der Waals surface area contributed by atoms with Gasteiger partial charge in [0, 0.05) is 51.7 Å². The van der Waals surface area contributed by atoms with Crippen molar-refractivity contribution in [1.29, 1.82) is 0 Å². The van der Waals surface area contributed by atoms with E-state index in [0.717, 1.165) is 22.3 Å². The molecule has 4 aromatic rings. The Labute approximate surface area is 295 Å². The highest BCUT2D eigenvalue weighted by molar-refractivity contribution is 6.32. The first kappa shape index (κ1) is 39.3. The first-order chi connectivity index (χ1) is 21.8. The molecular formula is C36H38Cl4O7. The largest absolute Gasteiger partial charge is 0.508 e. The molecule has 252 valence electrons. The van der Waals surface area contributed by atoms with Crippen LogP contribution in [0.5, 0.6) is 40.2 Å². The minimum Gasteiger partial charge on any atom is -0.508 e. The average Bonchev–Trinajstić information content (AvgIpc) is 2.96. The Morgan fingerprint density at radius 1 is 0.596 bits per heavy atom. The van der Waals surface area contributed by atoms with Crippen LogP contribution in [0.1, 0.15) is 35.2 Å². The molecule has 0 spiro atoms. The van der Waals surface area contributed by atoms with E-state index >= 15 is 0 Å². The molecule has 0 aliphatic carbocycles. The quantitative estimate of drug-likeness (QED) is 0.110. The molecule has 0 aromatic heterocycles. The molecule has 0 aliphatic rings. The van der Waals surface area contributed by atoms with Gasteiger partial charge in [-0.2, -0.15) is 0 Å². The van der Waals surface area contributed by atoms with Crippen molar-refractivity contribution in [3.8, 4) is 40.2 Å². The van der Waals surface area contributed by atoms with E-state index < -0.39 is 0 Å². The summed E-state index contributed by atoms with van der Waals surface area (Å²) in [5.41, 5.74) is 3.93. The fourth-order valence-electron chi connectivity index (χ4n) is 4.47. The van der Waals surface area contributed by atoms with Gasteiger partial charge in [0.25, 0.3) is 0 Å². The van der Waals surface area contributed by atoms with Gasteiger partial charge in [0.1, 0.15) is 40.2 Å². The van der Waals surface area contributed by atoms with Gasteiger partial charge in [-0.25, -0.2) is 0 Å². The van der Waals surface area contributed by atoms with Crippen LogP contribution in [0, 0.1) is 6.92 Å². The smallest absolute Gasteiger partial charge is 0.138 e. The SMILES string of the molecule is C.COc1cc(C/C=C(/Cl)Cc2cc(O)cc(O)c2)c(OC)cc1Cl.Cc1cc(C/C=C(/Cl)Cc2cc(O)cc(O)c2)c(O)cc1Cl. The summed E-state index contributed by atoms with van der Waals surface area (Å²) in [5.74, 6) is 1.32. The molecule has 0 atom stereocenters. The zero-order valence-electron chi connectivity index (χ0n) is 25.3. The highest BCUT2D eigenvalue weighted by Gasteiger charge is 2.10. The van der Waals surface area contributed by atoms with Crippen molar-refractivity contribution in [2.75, 3.05) is 14.2 Å². The lowest BCUT2D eigenvalue weighted by Crippen LogP contribution is -1.94. The molecule has 47 heavy (non-hydrogen) atoms. The van der Waals surface area contributed by atoms with Crippen molar-refractivity contribution in [2.45, 2.75) is 40.0 Å². The van der Waals surface area contributed by atoms with E-state index in [2.05, 4.69) is 0 Å². The third-order valence-corrected chi connectivity index (χ3v) is 7.95. The highest BCUT2D eigenvalue weighted by Crippen LogP contribution is 2.33. The van der Waals surface area contributed by atoms with Crippen molar-refractivity contribution in [3.63, 3.8) is 0 Å². The summed E-state index contributed by atoms with van der Waals surface area (Å²) in [7, 11) is 3.12. The lowest BCUT2D eigenvalue weighted by molar-refractivity contribution is 0.400. The topological polar surface area (TPSA) is 120 Å². The molecule has 0 amide bonds. The number of phenolic OH excluding ortho intramolecular Hbond substituents is 5. The van der Waals surface area contributed by atoms with Crippen LogP contribution in [0.4, 0.5) is 0 Å². The zero-order valence-corrected chi connectivity index (χ0v) is 28.3. The number of aryl methyl sites for hydroxylation is 1. The van der Waals surface area contributed by atoms with Gasteiger partial charge in [0.2, 0.25) is 0 Å². The number of phenols is 5. The Hall–Kier alpha value is -3.88. The first-order valence-electron chi connectivity index (χ1n) is 13.9. The van der Waals surface area contributed by atoms with E-state index in [4.69, 9.17) is 55.9 Å². The van der Waals surface area contributed by atoms with E-state index in [1.807, 2.05) is 25.1 Å². The first-order valence-corrected chi connectivity index (χ1v) is 15.4. The predicted octanol–water partition coefficient (Wildman–Crippen LogP) is 9.99. The van der Waals surface area contributed by atoms with Crippen molar-refractivity contribution >= 4 is 46.4 Å². The van der Waals surface area contributed by atoms with E-state index in [9.17, 15) is 25.5 Å². The van der Waals surface area contributed by atoms with Gasteiger partial charge in [-0.1, -0.05) is 72.0 Å². The van der Waals surface area contributed by atoms with Crippen molar-refractivity contribution in [3.05, 3.63) is 121 Å². The average molecular weight is 725 g/mol. The number of benzene rings is 4. The van der Waals surface area contributed by atoms with Gasteiger partial charge in [0.15, 0.2) is 0 Å². The summed E-state index contributed by atoms with van der Waals surface area (Å²) in [6.45, 7) is 1.87. The van der Waals surface area contributed by atoms with E-state index in [1.165, 1.54) is 18.2 Å². The lowest BCUT2D eigenvalue weighted by atomic mass is 10.1. The maximum atomic E-state index is 9.87. The summed E-state index contributed by atoms with van der Waals surface area (Å²) in [5, 5.41) is 49.9. The maximum absolute atomic E-state index is 9.87. The number of hydrogen-bond donors (Lipinski definition) is 5. The molecule has 0 heterocycles. The van der Waals surface area contributed by atoms with Crippen molar-refractivity contribution < 1.29 is 35.0 Å². The second-order valence-electron chi connectivity index (χ2n) is 10.3. The molecule has 0 saturated carbocycles. The number of ether oxygens (including phenoxy) is 2. The molecule has 0 unspecified atom stereocenters. The fraction of sp³-hybridized carbons (Fsp3) is 0.222. The van der Waals surface area contributed by atoms with E-state index in [1.54, 1.807) is 50.6 Å². The Kier molecular flexibility index (Phi) is 15.4. The lowest BCUT2D eigenvalue weighted by Gasteiger charge is -2.11. The van der Waals surface area contributed by atoms with Gasteiger partial charge < -0.3 is 35.0 Å². The molecule has 0 fully saturated rings. The Bertz CT molecular complexity index is 1690. The Morgan fingerprint density at radius 2 is 1.04 bits per heavy atom. The molecule has 0 bridgehead atoms. The van der Waals surface area contributed by atoms with Crippen molar-refractivity contribution in [1.82, 2.24) is 0 Å². The van der Waals surface area contributed by atoms with Gasteiger partial charge in [0.05, 0.1) is 19.2 Å². The number of halogens is 4. The van der Waals surface area contributed by atoms with Crippen LogP contribution < -0.4 is 9.47 Å². The third kappa shape index (κ3) is 12.3. The third-order valence-electron chi connectivity index (χ3n) is 6.67. The molecule has 11 heteroatoms. The van der Waals surface area contributed by atoms with Crippen LogP contribution >= 0.6 is 46.4 Å². The van der Waals surface area contributed by atoms with Crippen molar-refractivity contribution in [2.24, 2.45) is 0 Å². The molecular weight excluding hydrogens is 686 g/mol. The maximum Gasteiger partial charge on any atom is 0.138 e. The summed E-state index contributed by atoms with van der Waals surface area (Å²) < 4.78 is 10.5. The summed E-state index contributed by atoms with van der Waals surface area (Å²) in [4.78, 5) is 0. The predicted molar refractivity (Wildman–Crippen MR) is 191 cm³/mol. The minimum atomic E-state index is -0.00885. The van der Waals surface area contributed by atoms with Crippen LogP contribution in [0.3, 0.4) is 0 Å². The molecule has 4 rings (SSSR count). The molecule has 4 aromatic carbocycles. The van der Waals surface area contributed by atoms with Crippen LogP contribution in [-0.2, 0) is 25.7 Å². The van der Waals surface area contributed by atoms with Gasteiger partial charge in [-0.05, 0) is 78.4 Å². The number of hydrogen-bond acceptors (Lipinski definition) is 7. The molecule has 0 saturated heterocycles. The van der Waals surface area contributed by atoms with Crippen LogP contribution in [0.15, 0.2) is 82.9 Å². The summed E-state index contributed by atoms with van der Waals surface area (Å²) in [6, 6.07) is 15.6. The molecule has 0 aliphatic heterocycles. The summed E-state index contributed by atoms with van der Waals surface area (Å²) in [6.07, 6.45) is 5.40. The molecule has 5 N–H and O–H groups in total. The molecule has 0 radical (unpaired) electrons. The van der Waals surface area contributed by atoms with Crippen LogP contribution in [0.25, 0.3) is 0 Å². The normalized spacial score (nSPS) is 11.3. The zero-order chi connectivity index (χ0) is 34.0. The summed E-state index contributed by atoms with van der Waals surface area (Å²) >= 11 is 24.5. The minimum absolute atomic E-state index is 0. The number of allylic oxidation sites excluding steroid dienone is 4. The Balaban J connectivity index is 0.000000321. The van der Waals surface area contributed by atoms with Gasteiger partial charge >= 0.3 is 0 Å². The number of aromatic hydroxyl groups is 5. The second kappa shape index (κ2) is 18.5. The Morgan fingerprint density at radius 3 is 1.49 bits per heavy atom. The van der Waals surface area contributed by atoms with Gasteiger partial charge in [-0.3, -0.25) is 0 Å². The number of rotatable bonds is 10. The second-order valence-corrected chi connectivity index (χ2v) is 12.1. The molecule has 7 nitrogen and oxygen atoms in total. The van der Waals surface area contributed by atoms with Crippen LogP contribution in [-0.4, -0.2) is 39.8 Å².